The summed E-state index contributed by atoms with van der Waals surface area (Å²) >= 11 is 0. The zero-order valence-electron chi connectivity index (χ0n) is 11.4. The van der Waals surface area contributed by atoms with Gasteiger partial charge in [0.15, 0.2) is 0 Å². The maximum Gasteiger partial charge on any atom is 0.299 e. The fraction of sp³-hybridized carbons (Fsp3) is 0.467. The Kier molecular flexibility index (Phi) is 3.44. The molecule has 5 nitrogen and oxygen atoms in total. The molecule has 5 heteroatoms. The highest BCUT2D eigenvalue weighted by Gasteiger charge is 2.37. The van der Waals surface area contributed by atoms with E-state index in [1.165, 1.54) is 0 Å². The van der Waals surface area contributed by atoms with E-state index in [2.05, 4.69) is 0 Å². The summed E-state index contributed by atoms with van der Waals surface area (Å²) in [6.45, 7) is 2.03. The molecular weight excluding hydrogens is 258 g/mol. The van der Waals surface area contributed by atoms with E-state index in [4.69, 9.17) is 9.47 Å². The van der Waals surface area contributed by atoms with Crippen LogP contribution in [0.15, 0.2) is 18.2 Å². The SMILES string of the molecule is COc1ccc2c(c1)N(CC1CCOCC1)C(=O)C2=O. The van der Waals surface area contributed by atoms with Crippen LogP contribution in [-0.4, -0.2) is 38.6 Å². The number of carbonyl (C=O) groups is 2. The molecule has 0 N–H and O–H groups in total. The molecule has 1 aromatic rings. The van der Waals surface area contributed by atoms with Crippen LogP contribution in [0.3, 0.4) is 0 Å². The van der Waals surface area contributed by atoms with Gasteiger partial charge in [-0.05, 0) is 30.9 Å². The Hall–Kier alpha value is -1.88. The lowest BCUT2D eigenvalue weighted by molar-refractivity contribution is -0.114. The highest BCUT2D eigenvalue weighted by molar-refractivity contribution is 6.52. The number of carbonyl (C=O) groups excluding carboxylic acids is 2. The van der Waals surface area contributed by atoms with Crippen LogP contribution >= 0.6 is 0 Å². The van der Waals surface area contributed by atoms with E-state index in [0.717, 1.165) is 26.1 Å². The number of nitrogens with zero attached hydrogens (tertiary/aromatic N) is 1. The summed E-state index contributed by atoms with van der Waals surface area (Å²) in [5, 5.41) is 0. The van der Waals surface area contributed by atoms with Crippen molar-refractivity contribution in [3.8, 4) is 5.75 Å². The number of fused-ring (bicyclic) bond motifs is 1. The van der Waals surface area contributed by atoms with Crippen LogP contribution in [0, 0.1) is 5.92 Å². The van der Waals surface area contributed by atoms with Crippen molar-refractivity contribution >= 4 is 17.4 Å². The van der Waals surface area contributed by atoms with E-state index in [9.17, 15) is 9.59 Å². The molecule has 3 rings (SSSR count). The Morgan fingerprint density at radius 3 is 2.75 bits per heavy atom. The van der Waals surface area contributed by atoms with Gasteiger partial charge in [-0.1, -0.05) is 0 Å². The smallest absolute Gasteiger partial charge is 0.299 e. The third-order valence-electron chi connectivity index (χ3n) is 3.96. The number of benzene rings is 1. The van der Waals surface area contributed by atoms with Crippen LogP contribution in [-0.2, 0) is 9.53 Å². The van der Waals surface area contributed by atoms with Gasteiger partial charge in [0.05, 0.1) is 18.4 Å². The first kappa shape index (κ1) is 13.1. The van der Waals surface area contributed by atoms with Crippen LogP contribution in [0.1, 0.15) is 23.2 Å². The van der Waals surface area contributed by atoms with Crippen molar-refractivity contribution < 1.29 is 19.1 Å². The van der Waals surface area contributed by atoms with Crippen LogP contribution in [0.25, 0.3) is 0 Å². The Morgan fingerprint density at radius 2 is 2.05 bits per heavy atom. The molecule has 1 saturated heterocycles. The summed E-state index contributed by atoms with van der Waals surface area (Å²) in [4.78, 5) is 25.7. The molecule has 0 bridgehead atoms. The molecule has 0 aliphatic carbocycles. The van der Waals surface area contributed by atoms with E-state index >= 15 is 0 Å². The van der Waals surface area contributed by atoms with Crippen LogP contribution < -0.4 is 9.64 Å². The molecule has 0 aromatic heterocycles. The van der Waals surface area contributed by atoms with Crippen molar-refractivity contribution in [2.45, 2.75) is 12.8 Å². The van der Waals surface area contributed by atoms with Crippen molar-refractivity contribution in [3.05, 3.63) is 23.8 Å². The highest BCUT2D eigenvalue weighted by atomic mass is 16.5. The van der Waals surface area contributed by atoms with Crippen molar-refractivity contribution in [1.29, 1.82) is 0 Å². The average Bonchev–Trinajstić information content (AvgIpc) is 2.73. The van der Waals surface area contributed by atoms with Gasteiger partial charge >= 0.3 is 0 Å². The van der Waals surface area contributed by atoms with E-state index in [0.29, 0.717) is 29.5 Å². The summed E-state index contributed by atoms with van der Waals surface area (Å²) in [5.74, 6) is 0.190. The van der Waals surface area contributed by atoms with Gasteiger partial charge in [-0.15, -0.1) is 0 Å². The standard InChI is InChI=1S/C15H17NO4/c1-19-11-2-3-12-13(8-11)16(15(18)14(12)17)9-10-4-6-20-7-5-10/h2-3,8,10H,4-7,9H2,1H3. The zero-order valence-corrected chi connectivity index (χ0v) is 11.4. The molecule has 1 fully saturated rings. The lowest BCUT2D eigenvalue weighted by Gasteiger charge is -2.27. The van der Waals surface area contributed by atoms with Gasteiger partial charge < -0.3 is 14.4 Å². The monoisotopic (exact) mass is 275 g/mol. The molecule has 0 atom stereocenters. The lowest BCUT2D eigenvalue weighted by atomic mass is 9.99. The summed E-state index contributed by atoms with van der Waals surface area (Å²) in [7, 11) is 1.57. The summed E-state index contributed by atoms with van der Waals surface area (Å²) in [6, 6.07) is 5.14. The molecule has 1 amide bonds. The zero-order chi connectivity index (χ0) is 14.1. The number of hydrogen-bond donors (Lipinski definition) is 0. The third kappa shape index (κ3) is 2.18. The van der Waals surface area contributed by atoms with E-state index in [1.807, 2.05) is 0 Å². The second kappa shape index (κ2) is 5.25. The van der Waals surface area contributed by atoms with E-state index in [-0.39, 0.29) is 0 Å². The lowest BCUT2D eigenvalue weighted by Crippen LogP contribution is -2.36. The Balaban J connectivity index is 1.88. The van der Waals surface area contributed by atoms with Gasteiger partial charge in [-0.2, -0.15) is 0 Å². The van der Waals surface area contributed by atoms with Crippen LogP contribution in [0.5, 0.6) is 5.75 Å². The average molecular weight is 275 g/mol. The first-order chi connectivity index (χ1) is 9.70. The number of ether oxygens (including phenoxy) is 2. The summed E-state index contributed by atoms with van der Waals surface area (Å²) in [5.41, 5.74) is 1.15. The van der Waals surface area contributed by atoms with Crippen LogP contribution in [0.2, 0.25) is 0 Å². The minimum Gasteiger partial charge on any atom is -0.497 e. The van der Waals surface area contributed by atoms with Gasteiger partial charge in [0.1, 0.15) is 5.75 Å². The van der Waals surface area contributed by atoms with E-state index in [1.54, 1.807) is 30.2 Å². The predicted octanol–water partition coefficient (Wildman–Crippen LogP) is 1.65. The fourth-order valence-corrected chi connectivity index (χ4v) is 2.77. The predicted molar refractivity (Wildman–Crippen MR) is 73.2 cm³/mol. The molecule has 0 unspecified atom stereocenters. The third-order valence-corrected chi connectivity index (χ3v) is 3.96. The molecule has 2 aliphatic heterocycles. The number of ketones is 1. The number of anilines is 1. The molecule has 2 heterocycles. The molecule has 2 aliphatic rings. The largest absolute Gasteiger partial charge is 0.497 e. The topological polar surface area (TPSA) is 55.8 Å². The molecule has 106 valence electrons. The maximum absolute atomic E-state index is 12.1. The second-order valence-electron chi connectivity index (χ2n) is 5.18. The van der Waals surface area contributed by atoms with Crippen molar-refractivity contribution in [3.63, 3.8) is 0 Å². The fourth-order valence-electron chi connectivity index (χ4n) is 2.77. The van der Waals surface area contributed by atoms with Gasteiger partial charge in [-0.3, -0.25) is 9.59 Å². The molecule has 1 aromatic carbocycles. The Morgan fingerprint density at radius 1 is 1.30 bits per heavy atom. The Labute approximate surface area is 117 Å². The molecular formula is C15H17NO4. The quantitative estimate of drug-likeness (QED) is 0.787. The first-order valence-electron chi connectivity index (χ1n) is 6.82. The maximum atomic E-state index is 12.1. The highest BCUT2D eigenvalue weighted by Crippen LogP contribution is 2.33. The van der Waals surface area contributed by atoms with Crippen molar-refractivity contribution in [1.82, 2.24) is 0 Å². The minimum atomic E-state index is -0.431. The van der Waals surface area contributed by atoms with Gasteiger partial charge in [0.2, 0.25) is 0 Å². The number of Topliss-reactive ketones (excluding diaryl/α,β-unsaturated/α-hetero) is 1. The van der Waals surface area contributed by atoms with Gasteiger partial charge in [-0.25, -0.2) is 0 Å². The summed E-state index contributed by atoms with van der Waals surface area (Å²) in [6.07, 6.45) is 1.86. The normalized spacial score (nSPS) is 19.4. The molecule has 0 radical (unpaired) electrons. The number of rotatable bonds is 3. The van der Waals surface area contributed by atoms with Crippen LogP contribution in [0.4, 0.5) is 5.69 Å². The van der Waals surface area contributed by atoms with Crippen molar-refractivity contribution in [2.24, 2.45) is 5.92 Å². The minimum absolute atomic E-state index is 0.387. The molecule has 20 heavy (non-hydrogen) atoms. The van der Waals surface area contributed by atoms with Gasteiger partial charge in [0, 0.05) is 25.8 Å². The number of methoxy groups -OCH3 is 1. The first-order valence-corrected chi connectivity index (χ1v) is 6.82. The number of hydrogen-bond acceptors (Lipinski definition) is 4. The van der Waals surface area contributed by atoms with Crippen molar-refractivity contribution in [2.75, 3.05) is 31.8 Å². The number of amides is 1. The Bertz CT molecular complexity index is 549. The summed E-state index contributed by atoms with van der Waals surface area (Å²) < 4.78 is 10.5. The molecule has 0 spiro atoms. The van der Waals surface area contributed by atoms with Gasteiger partial charge in [0.25, 0.3) is 11.7 Å². The van der Waals surface area contributed by atoms with E-state index < -0.39 is 11.7 Å². The molecule has 0 saturated carbocycles. The second-order valence-corrected chi connectivity index (χ2v) is 5.18.